The van der Waals surface area contributed by atoms with Gasteiger partial charge in [-0.15, -0.1) is 0 Å². The molecule has 1 aromatic carbocycles. The summed E-state index contributed by atoms with van der Waals surface area (Å²) >= 11 is 5.91. The van der Waals surface area contributed by atoms with Gasteiger partial charge in [-0.25, -0.2) is 9.37 Å². The summed E-state index contributed by atoms with van der Waals surface area (Å²) < 4.78 is 18.7. The highest BCUT2D eigenvalue weighted by molar-refractivity contribution is 6.30. The van der Waals surface area contributed by atoms with Gasteiger partial charge >= 0.3 is 5.97 Å². The molecule has 1 aromatic heterocycles. The maximum atomic E-state index is 13.2. The number of pyridine rings is 1. The molecule has 0 spiro atoms. The van der Waals surface area contributed by atoms with Gasteiger partial charge in [-0.1, -0.05) is 23.7 Å². The van der Waals surface area contributed by atoms with E-state index in [9.17, 15) is 18.8 Å². The zero-order chi connectivity index (χ0) is 24.8. The summed E-state index contributed by atoms with van der Waals surface area (Å²) in [4.78, 5) is 43.8. The largest absolute Gasteiger partial charge is 0.480 e. The predicted octanol–water partition coefficient (Wildman–Crippen LogP) is 2.19. The number of nitrogens with one attached hydrogen (secondary N) is 1. The molecule has 1 aliphatic heterocycles. The Kier molecular flexibility index (Phi) is 8.41. The number of carbonyl (C=O) groups is 3. The van der Waals surface area contributed by atoms with Crippen LogP contribution in [0.15, 0.2) is 36.5 Å². The molecule has 3 rings (SSSR count). The van der Waals surface area contributed by atoms with E-state index >= 15 is 0 Å². The van der Waals surface area contributed by atoms with Crippen LogP contribution in [0.1, 0.15) is 29.8 Å². The molecule has 2 atom stereocenters. The predicted molar refractivity (Wildman–Crippen MR) is 122 cm³/mol. The second-order valence-corrected chi connectivity index (χ2v) is 8.61. The van der Waals surface area contributed by atoms with Crippen molar-refractivity contribution in [3.05, 3.63) is 58.5 Å². The Morgan fingerprint density at radius 1 is 1.21 bits per heavy atom. The van der Waals surface area contributed by atoms with Gasteiger partial charge in [-0.2, -0.15) is 0 Å². The number of aromatic nitrogens is 1. The van der Waals surface area contributed by atoms with Crippen molar-refractivity contribution in [2.75, 3.05) is 26.2 Å². The van der Waals surface area contributed by atoms with Crippen LogP contribution in [0.2, 0.25) is 5.02 Å². The highest BCUT2D eigenvalue weighted by Gasteiger charge is 2.32. The average molecular weight is 493 g/mol. The lowest BCUT2D eigenvalue weighted by Gasteiger charge is -2.44. The first-order valence-corrected chi connectivity index (χ1v) is 11.1. The summed E-state index contributed by atoms with van der Waals surface area (Å²) in [6, 6.07) is 7.64. The first-order chi connectivity index (χ1) is 16.1. The van der Waals surface area contributed by atoms with Crippen molar-refractivity contribution < 1.29 is 28.6 Å². The number of carboxylic acids is 1. The van der Waals surface area contributed by atoms with E-state index in [4.69, 9.17) is 21.4 Å². The van der Waals surface area contributed by atoms with Gasteiger partial charge < -0.3 is 20.1 Å². The van der Waals surface area contributed by atoms with E-state index in [0.717, 1.165) is 5.56 Å². The SMILES string of the molecule is CC1CN(C(=O)COc2ncc(Cl)cc2C(=O)NCC(=O)O)C(C)CN1Cc1ccc(F)cc1. The number of carboxylic acid groups (broad SMARTS) is 1. The number of piperazine rings is 1. The minimum atomic E-state index is -1.21. The van der Waals surface area contributed by atoms with Crippen LogP contribution < -0.4 is 10.1 Å². The molecule has 1 saturated heterocycles. The molecule has 0 aliphatic carbocycles. The third kappa shape index (κ3) is 6.64. The maximum absolute atomic E-state index is 13.2. The number of hydrogen-bond acceptors (Lipinski definition) is 6. The van der Waals surface area contributed by atoms with Gasteiger partial charge in [0.05, 0.1) is 5.02 Å². The summed E-state index contributed by atoms with van der Waals surface area (Å²) in [5.74, 6) is -2.59. The van der Waals surface area contributed by atoms with Gasteiger partial charge in [-0.3, -0.25) is 19.3 Å². The fourth-order valence-electron chi connectivity index (χ4n) is 3.76. The zero-order valence-corrected chi connectivity index (χ0v) is 19.6. The fourth-order valence-corrected chi connectivity index (χ4v) is 3.92. The van der Waals surface area contributed by atoms with Gasteiger partial charge in [0.15, 0.2) is 6.61 Å². The topological polar surface area (TPSA) is 112 Å². The minimum absolute atomic E-state index is 0.0629. The van der Waals surface area contributed by atoms with E-state index in [-0.39, 0.29) is 46.9 Å². The van der Waals surface area contributed by atoms with Crippen LogP contribution in [0, 0.1) is 5.82 Å². The van der Waals surface area contributed by atoms with Crippen molar-refractivity contribution >= 4 is 29.4 Å². The van der Waals surface area contributed by atoms with Gasteiger partial charge in [0.25, 0.3) is 11.8 Å². The molecule has 2 aromatic rings. The van der Waals surface area contributed by atoms with E-state index in [1.54, 1.807) is 17.0 Å². The second kappa shape index (κ2) is 11.3. The molecule has 0 saturated carbocycles. The lowest BCUT2D eigenvalue weighted by molar-refractivity contribution is -0.139. The standard InChI is InChI=1S/C23H26ClFN4O5/c1-14-11-29(15(2)10-28(14)12-16-3-5-18(25)6-4-16)20(30)13-34-23-19(7-17(24)8-27-23)22(33)26-9-21(31)32/h3-8,14-15H,9-13H2,1-2H3,(H,26,33)(H,31,32). The first-order valence-electron chi connectivity index (χ1n) is 10.7. The van der Waals surface area contributed by atoms with Crippen LogP contribution in [-0.2, 0) is 16.1 Å². The molecule has 9 nitrogen and oxygen atoms in total. The summed E-state index contributed by atoms with van der Waals surface area (Å²) in [5.41, 5.74) is 0.929. The maximum Gasteiger partial charge on any atom is 0.322 e. The number of carbonyl (C=O) groups excluding carboxylic acids is 2. The molecule has 2 heterocycles. The van der Waals surface area contributed by atoms with Gasteiger partial charge in [0.2, 0.25) is 5.88 Å². The number of benzene rings is 1. The molecule has 1 aliphatic rings. The molecule has 0 bridgehead atoms. The normalized spacial score (nSPS) is 18.4. The van der Waals surface area contributed by atoms with Crippen LogP contribution in [-0.4, -0.2) is 76.0 Å². The number of amides is 2. The summed E-state index contributed by atoms with van der Waals surface area (Å²) in [7, 11) is 0. The van der Waals surface area contributed by atoms with Crippen LogP contribution in [0.25, 0.3) is 0 Å². The Bertz CT molecular complexity index is 1050. The molecule has 11 heteroatoms. The molecule has 1 fully saturated rings. The second-order valence-electron chi connectivity index (χ2n) is 8.17. The van der Waals surface area contributed by atoms with Gasteiger partial charge in [0, 0.05) is 37.9 Å². The van der Waals surface area contributed by atoms with E-state index in [0.29, 0.717) is 19.6 Å². The van der Waals surface area contributed by atoms with Gasteiger partial charge in [-0.05, 0) is 37.6 Å². The smallest absolute Gasteiger partial charge is 0.322 e. The van der Waals surface area contributed by atoms with Crippen molar-refractivity contribution in [1.82, 2.24) is 20.1 Å². The monoisotopic (exact) mass is 492 g/mol. The lowest BCUT2D eigenvalue weighted by Crippen LogP contribution is -2.58. The summed E-state index contributed by atoms with van der Waals surface area (Å²) in [5, 5.41) is 11.1. The number of aliphatic carboxylic acids is 1. The Hall–Kier alpha value is -3.24. The van der Waals surface area contributed by atoms with Crippen LogP contribution in [0.4, 0.5) is 4.39 Å². The third-order valence-corrected chi connectivity index (χ3v) is 5.74. The Morgan fingerprint density at radius 2 is 1.91 bits per heavy atom. The van der Waals surface area contributed by atoms with Crippen LogP contribution in [0.3, 0.4) is 0 Å². The van der Waals surface area contributed by atoms with Crippen molar-refractivity contribution in [2.24, 2.45) is 0 Å². The molecule has 34 heavy (non-hydrogen) atoms. The first kappa shape index (κ1) is 25.4. The zero-order valence-electron chi connectivity index (χ0n) is 18.8. The van der Waals surface area contributed by atoms with Crippen molar-refractivity contribution in [1.29, 1.82) is 0 Å². The number of hydrogen-bond donors (Lipinski definition) is 2. The average Bonchev–Trinajstić information content (AvgIpc) is 2.80. The fraction of sp³-hybridized carbons (Fsp3) is 0.391. The molecule has 2 unspecified atom stereocenters. The minimum Gasteiger partial charge on any atom is -0.480 e. The van der Waals surface area contributed by atoms with Crippen molar-refractivity contribution in [3.8, 4) is 5.88 Å². The van der Waals surface area contributed by atoms with Crippen LogP contribution in [0.5, 0.6) is 5.88 Å². The molecular formula is C23H26ClFN4O5. The van der Waals surface area contributed by atoms with E-state index in [1.807, 2.05) is 13.8 Å². The highest BCUT2D eigenvalue weighted by Crippen LogP contribution is 2.21. The summed E-state index contributed by atoms with van der Waals surface area (Å²) in [6.07, 6.45) is 1.27. The van der Waals surface area contributed by atoms with E-state index in [2.05, 4.69) is 15.2 Å². The van der Waals surface area contributed by atoms with Gasteiger partial charge in [0.1, 0.15) is 17.9 Å². The van der Waals surface area contributed by atoms with Crippen molar-refractivity contribution in [3.63, 3.8) is 0 Å². The number of halogens is 2. The molecule has 0 radical (unpaired) electrons. The Balaban J connectivity index is 1.60. The molecular weight excluding hydrogens is 467 g/mol. The van der Waals surface area contributed by atoms with E-state index < -0.39 is 18.4 Å². The lowest BCUT2D eigenvalue weighted by atomic mass is 10.1. The number of ether oxygens (including phenoxy) is 1. The molecule has 182 valence electrons. The number of rotatable bonds is 8. The number of nitrogens with zero attached hydrogens (tertiary/aromatic N) is 3. The molecule has 2 amide bonds. The van der Waals surface area contributed by atoms with Crippen molar-refractivity contribution in [2.45, 2.75) is 32.5 Å². The quantitative estimate of drug-likeness (QED) is 0.581. The highest BCUT2D eigenvalue weighted by atomic mass is 35.5. The third-order valence-electron chi connectivity index (χ3n) is 5.53. The Labute approximate surface area is 201 Å². The van der Waals surface area contributed by atoms with Crippen LogP contribution >= 0.6 is 11.6 Å². The molecule has 2 N–H and O–H groups in total. The Morgan fingerprint density at radius 3 is 2.59 bits per heavy atom. The summed E-state index contributed by atoms with van der Waals surface area (Å²) in [6.45, 7) is 4.78. The van der Waals surface area contributed by atoms with E-state index in [1.165, 1.54) is 24.4 Å².